The summed E-state index contributed by atoms with van der Waals surface area (Å²) in [5.74, 6) is -1.57. The second-order valence-electron chi connectivity index (χ2n) is 9.77. The number of nitro benzene ring substituents is 1. The van der Waals surface area contributed by atoms with Crippen molar-refractivity contribution in [3.8, 4) is 11.3 Å². The van der Waals surface area contributed by atoms with Crippen LogP contribution in [0.4, 0.5) is 5.69 Å². The van der Waals surface area contributed by atoms with Gasteiger partial charge in [-0.3, -0.25) is 10.1 Å². The van der Waals surface area contributed by atoms with E-state index >= 15 is 0 Å². The number of carbonyl (C=O) groups excluding carboxylic acids is 2. The molecular weight excluding hydrogens is 536 g/mol. The van der Waals surface area contributed by atoms with Crippen molar-refractivity contribution in [3.05, 3.63) is 147 Å². The van der Waals surface area contributed by atoms with Gasteiger partial charge in [-0.25, -0.2) is 9.59 Å². The topological polar surface area (TPSA) is 121 Å². The molecule has 0 unspecified atom stereocenters. The molecule has 9 heteroatoms. The van der Waals surface area contributed by atoms with Gasteiger partial charge in [0.25, 0.3) is 5.69 Å². The summed E-state index contributed by atoms with van der Waals surface area (Å²) in [6.45, 7) is 3.53. The number of hydrogen-bond acceptors (Lipinski definition) is 8. The zero-order chi connectivity index (χ0) is 29.6. The lowest BCUT2D eigenvalue weighted by atomic mass is 9.83. The third kappa shape index (κ3) is 6.15. The molecule has 0 saturated carbocycles. The van der Waals surface area contributed by atoms with Gasteiger partial charge in [-0.2, -0.15) is 0 Å². The fraction of sp³-hybridized carbons (Fsp3) is 0.152. The van der Waals surface area contributed by atoms with Gasteiger partial charge in [-0.15, -0.1) is 0 Å². The molecular formula is C33H28N2O7. The van der Waals surface area contributed by atoms with Crippen molar-refractivity contribution in [2.24, 2.45) is 0 Å². The molecule has 42 heavy (non-hydrogen) atoms. The highest BCUT2D eigenvalue weighted by molar-refractivity contribution is 5.99. The fourth-order valence-corrected chi connectivity index (χ4v) is 4.86. The molecule has 1 aliphatic heterocycles. The number of furan rings is 1. The van der Waals surface area contributed by atoms with E-state index in [1.165, 1.54) is 12.1 Å². The Hall–Kier alpha value is -5.44. The van der Waals surface area contributed by atoms with E-state index in [9.17, 15) is 19.7 Å². The van der Waals surface area contributed by atoms with E-state index in [-0.39, 0.29) is 35.8 Å². The molecule has 0 fully saturated rings. The van der Waals surface area contributed by atoms with Crippen molar-refractivity contribution in [1.29, 1.82) is 0 Å². The summed E-state index contributed by atoms with van der Waals surface area (Å²) >= 11 is 0. The van der Waals surface area contributed by atoms with Gasteiger partial charge in [0.1, 0.15) is 24.7 Å². The maximum Gasteiger partial charge on any atom is 0.337 e. The molecule has 0 aliphatic carbocycles. The standard InChI is InChI=1S/C33H28N2O7/c1-21-29(32(36)40-19-23-10-5-3-6-11-23)31(28-17-16-27(42-28)25-14-9-15-26(18-25)35(38)39)30(22(2)34-21)33(37)41-20-24-12-7-4-8-13-24/h3-18,31,34H,19-20H2,1-2H3. The molecule has 9 nitrogen and oxygen atoms in total. The maximum atomic E-state index is 13.6. The van der Waals surface area contributed by atoms with Crippen LogP contribution < -0.4 is 5.32 Å². The first-order valence-corrected chi connectivity index (χ1v) is 13.3. The quantitative estimate of drug-likeness (QED) is 0.138. The van der Waals surface area contributed by atoms with E-state index in [0.717, 1.165) is 11.1 Å². The lowest BCUT2D eigenvalue weighted by Gasteiger charge is -2.29. The molecule has 212 valence electrons. The minimum absolute atomic E-state index is 0.0384. The molecule has 0 atom stereocenters. The number of carbonyl (C=O) groups is 2. The summed E-state index contributed by atoms with van der Waals surface area (Å²) < 4.78 is 17.6. The molecule has 0 saturated heterocycles. The van der Waals surface area contributed by atoms with Gasteiger partial charge >= 0.3 is 11.9 Å². The smallest absolute Gasteiger partial charge is 0.337 e. The van der Waals surface area contributed by atoms with E-state index in [1.54, 1.807) is 38.1 Å². The largest absolute Gasteiger partial charge is 0.460 e. The Morgan fingerprint density at radius 3 is 1.86 bits per heavy atom. The number of ether oxygens (including phenoxy) is 2. The first-order valence-electron chi connectivity index (χ1n) is 13.3. The average Bonchev–Trinajstić information content (AvgIpc) is 3.50. The minimum Gasteiger partial charge on any atom is -0.460 e. The van der Waals surface area contributed by atoms with Gasteiger partial charge in [0.15, 0.2) is 0 Å². The number of benzene rings is 3. The summed E-state index contributed by atoms with van der Waals surface area (Å²) in [7, 11) is 0. The SMILES string of the molecule is CC1=C(C(=O)OCc2ccccc2)C(c2ccc(-c3cccc([N+](=O)[O-])c3)o2)C(C(=O)OCc2ccccc2)=C(C)N1. The van der Waals surface area contributed by atoms with Crippen LogP contribution in [-0.4, -0.2) is 16.9 Å². The zero-order valence-electron chi connectivity index (χ0n) is 23.0. The van der Waals surface area contributed by atoms with Crippen LogP contribution in [0.15, 0.2) is 124 Å². The Morgan fingerprint density at radius 2 is 1.33 bits per heavy atom. The molecule has 4 aromatic rings. The van der Waals surface area contributed by atoms with Crippen molar-refractivity contribution in [1.82, 2.24) is 5.32 Å². The number of nitro groups is 1. The second-order valence-corrected chi connectivity index (χ2v) is 9.77. The molecule has 0 bridgehead atoms. The first kappa shape index (κ1) is 28.1. The van der Waals surface area contributed by atoms with E-state index in [1.807, 2.05) is 60.7 Å². The minimum atomic E-state index is -0.953. The number of rotatable bonds is 9. The zero-order valence-corrected chi connectivity index (χ0v) is 23.0. The molecule has 0 amide bonds. The number of nitrogens with one attached hydrogen (secondary N) is 1. The van der Waals surface area contributed by atoms with Crippen LogP contribution in [0.25, 0.3) is 11.3 Å². The Labute approximate surface area is 242 Å². The molecule has 0 radical (unpaired) electrons. The van der Waals surface area contributed by atoms with Crippen molar-refractivity contribution >= 4 is 17.6 Å². The van der Waals surface area contributed by atoms with Gasteiger partial charge in [-0.1, -0.05) is 72.8 Å². The summed E-state index contributed by atoms with van der Waals surface area (Å²) in [6.07, 6.45) is 0. The summed E-state index contributed by atoms with van der Waals surface area (Å²) in [6, 6.07) is 27.9. The van der Waals surface area contributed by atoms with Crippen molar-refractivity contribution in [2.75, 3.05) is 0 Å². The van der Waals surface area contributed by atoms with Crippen LogP contribution >= 0.6 is 0 Å². The van der Waals surface area contributed by atoms with Gasteiger partial charge in [0.05, 0.1) is 22.0 Å². The Bertz CT molecular complexity index is 1610. The Balaban J connectivity index is 1.51. The van der Waals surface area contributed by atoms with E-state index in [4.69, 9.17) is 13.9 Å². The molecule has 5 rings (SSSR count). The van der Waals surface area contributed by atoms with Crippen molar-refractivity contribution < 1.29 is 28.4 Å². The Kier molecular flexibility index (Phi) is 8.29. The normalized spacial score (nSPS) is 13.5. The van der Waals surface area contributed by atoms with Crippen LogP contribution in [0.3, 0.4) is 0 Å². The number of allylic oxidation sites excluding steroid dienone is 2. The summed E-state index contributed by atoms with van der Waals surface area (Å²) in [5, 5.41) is 14.5. The molecule has 1 aliphatic rings. The third-order valence-electron chi connectivity index (χ3n) is 6.88. The maximum absolute atomic E-state index is 13.6. The van der Waals surface area contributed by atoms with Gasteiger partial charge in [0, 0.05) is 29.1 Å². The summed E-state index contributed by atoms with van der Waals surface area (Å²) in [4.78, 5) is 38.0. The first-order chi connectivity index (χ1) is 20.3. The second kappa shape index (κ2) is 12.4. The third-order valence-corrected chi connectivity index (χ3v) is 6.88. The molecule has 3 aromatic carbocycles. The highest BCUT2D eigenvalue weighted by atomic mass is 16.6. The van der Waals surface area contributed by atoms with E-state index < -0.39 is 22.8 Å². The number of hydrogen-bond donors (Lipinski definition) is 1. The van der Waals surface area contributed by atoms with Crippen LogP contribution in [-0.2, 0) is 32.3 Å². The van der Waals surface area contributed by atoms with E-state index in [0.29, 0.717) is 22.7 Å². The number of dihydropyridines is 1. The van der Waals surface area contributed by atoms with Gasteiger partial charge < -0.3 is 19.2 Å². The fourth-order valence-electron chi connectivity index (χ4n) is 4.86. The van der Waals surface area contributed by atoms with Gasteiger partial charge in [0.2, 0.25) is 0 Å². The number of esters is 2. The van der Waals surface area contributed by atoms with Crippen LogP contribution in [0.2, 0.25) is 0 Å². The van der Waals surface area contributed by atoms with Gasteiger partial charge in [-0.05, 0) is 37.1 Å². The lowest BCUT2D eigenvalue weighted by Crippen LogP contribution is -2.32. The molecule has 2 heterocycles. The Morgan fingerprint density at radius 1 is 0.786 bits per heavy atom. The highest BCUT2D eigenvalue weighted by Crippen LogP contribution is 2.41. The molecule has 1 aromatic heterocycles. The lowest BCUT2D eigenvalue weighted by molar-refractivity contribution is -0.384. The average molecular weight is 565 g/mol. The predicted octanol–water partition coefficient (Wildman–Crippen LogP) is 6.58. The monoisotopic (exact) mass is 564 g/mol. The van der Waals surface area contributed by atoms with Crippen LogP contribution in [0.1, 0.15) is 36.7 Å². The highest BCUT2D eigenvalue weighted by Gasteiger charge is 2.40. The molecule has 0 spiro atoms. The van der Waals surface area contributed by atoms with Crippen LogP contribution in [0.5, 0.6) is 0 Å². The van der Waals surface area contributed by atoms with Crippen molar-refractivity contribution in [3.63, 3.8) is 0 Å². The van der Waals surface area contributed by atoms with Crippen molar-refractivity contribution in [2.45, 2.75) is 33.0 Å². The predicted molar refractivity (Wildman–Crippen MR) is 155 cm³/mol. The van der Waals surface area contributed by atoms with Crippen LogP contribution in [0, 0.1) is 10.1 Å². The molecule has 1 N–H and O–H groups in total. The number of nitrogens with zero attached hydrogens (tertiary/aromatic N) is 1. The van der Waals surface area contributed by atoms with E-state index in [2.05, 4.69) is 5.32 Å². The number of non-ortho nitro benzene ring substituents is 1. The summed E-state index contributed by atoms with van der Waals surface area (Å²) in [5.41, 5.74) is 3.41.